The molecule has 0 heterocycles. The lowest BCUT2D eigenvalue weighted by atomic mass is 9.96. The third-order valence-corrected chi connectivity index (χ3v) is 5.24. The number of amides is 2. The first-order valence-corrected chi connectivity index (χ1v) is 11.7. The predicted molar refractivity (Wildman–Crippen MR) is 134 cm³/mol. The van der Waals surface area contributed by atoms with Gasteiger partial charge in [-0.1, -0.05) is 42.8 Å². The summed E-state index contributed by atoms with van der Waals surface area (Å²) in [5.74, 6) is -0.457. The van der Waals surface area contributed by atoms with E-state index in [2.05, 4.69) is 36.6 Å². The highest BCUT2D eigenvalue weighted by molar-refractivity contribution is 6.00. The van der Waals surface area contributed by atoms with Gasteiger partial charge in [-0.05, 0) is 63.8 Å². The maximum atomic E-state index is 13.1. The van der Waals surface area contributed by atoms with Crippen molar-refractivity contribution in [2.75, 3.05) is 26.8 Å². The zero-order valence-corrected chi connectivity index (χ0v) is 21.0. The molecule has 33 heavy (non-hydrogen) atoms. The molecular formula is C27H40N2O4. The molecule has 0 unspecified atom stereocenters. The van der Waals surface area contributed by atoms with E-state index in [-0.39, 0.29) is 18.1 Å². The average Bonchev–Trinajstić information content (AvgIpc) is 2.82. The molecule has 0 aliphatic rings. The SMILES string of the molecule is CCOC(CCNC(=O)C(/C=C(\C)C(=O)NC)=C/C(Cc1ccccc1)=C(C)CC)OCC. The number of ether oxygens (including phenoxy) is 2. The van der Waals surface area contributed by atoms with Gasteiger partial charge in [-0.15, -0.1) is 0 Å². The van der Waals surface area contributed by atoms with Crippen LogP contribution in [0, 0.1) is 0 Å². The summed E-state index contributed by atoms with van der Waals surface area (Å²) < 4.78 is 11.1. The van der Waals surface area contributed by atoms with E-state index in [1.807, 2.05) is 38.1 Å². The molecule has 0 saturated heterocycles. The number of nitrogens with one attached hydrogen (secondary N) is 2. The summed E-state index contributed by atoms with van der Waals surface area (Å²) in [7, 11) is 1.58. The van der Waals surface area contributed by atoms with E-state index in [9.17, 15) is 9.59 Å². The Kier molecular flexibility index (Phi) is 13.7. The van der Waals surface area contributed by atoms with Crippen LogP contribution in [-0.2, 0) is 25.5 Å². The molecule has 0 aliphatic carbocycles. The molecule has 0 fully saturated rings. The molecule has 0 aromatic heterocycles. The number of allylic oxidation sites excluding steroid dienone is 3. The molecule has 1 rings (SSSR count). The lowest BCUT2D eigenvalue weighted by Gasteiger charge is -2.17. The minimum atomic E-state index is -0.355. The lowest BCUT2D eigenvalue weighted by molar-refractivity contribution is -0.139. The summed E-state index contributed by atoms with van der Waals surface area (Å²) in [6, 6.07) is 10.2. The largest absolute Gasteiger partial charge is 0.355 e. The highest BCUT2D eigenvalue weighted by Crippen LogP contribution is 2.19. The second-order valence-electron chi connectivity index (χ2n) is 7.71. The van der Waals surface area contributed by atoms with Crippen LogP contribution in [0.5, 0.6) is 0 Å². The molecule has 2 amide bonds. The Morgan fingerprint density at radius 1 is 0.970 bits per heavy atom. The summed E-state index contributed by atoms with van der Waals surface area (Å²) >= 11 is 0. The Bertz CT molecular complexity index is 835. The van der Waals surface area contributed by atoms with Gasteiger partial charge in [0.2, 0.25) is 5.91 Å². The molecule has 0 atom stereocenters. The third kappa shape index (κ3) is 10.6. The first-order chi connectivity index (χ1) is 15.9. The van der Waals surface area contributed by atoms with Crippen LogP contribution in [-0.4, -0.2) is 44.9 Å². The van der Waals surface area contributed by atoms with Gasteiger partial charge in [0.1, 0.15) is 0 Å². The van der Waals surface area contributed by atoms with Gasteiger partial charge < -0.3 is 20.1 Å². The fourth-order valence-corrected chi connectivity index (χ4v) is 3.22. The van der Waals surface area contributed by atoms with E-state index in [4.69, 9.17) is 9.47 Å². The molecule has 6 nitrogen and oxygen atoms in total. The molecular weight excluding hydrogens is 416 g/mol. The molecule has 0 spiro atoms. The van der Waals surface area contributed by atoms with Crippen LogP contribution in [0.15, 0.2) is 64.8 Å². The number of benzene rings is 1. The summed E-state index contributed by atoms with van der Waals surface area (Å²) in [5, 5.41) is 5.56. The van der Waals surface area contributed by atoms with Crippen molar-refractivity contribution in [3.05, 3.63) is 70.3 Å². The Labute approximate surface area is 199 Å². The van der Waals surface area contributed by atoms with Crippen molar-refractivity contribution in [3.8, 4) is 0 Å². The number of hydrogen-bond donors (Lipinski definition) is 2. The molecule has 1 aromatic carbocycles. The summed E-state index contributed by atoms with van der Waals surface area (Å²) in [5.41, 5.74) is 4.34. The smallest absolute Gasteiger partial charge is 0.251 e. The van der Waals surface area contributed by atoms with Crippen molar-refractivity contribution in [1.82, 2.24) is 10.6 Å². The van der Waals surface area contributed by atoms with Crippen molar-refractivity contribution >= 4 is 11.8 Å². The fraction of sp³-hybridized carbons (Fsp3) is 0.481. The van der Waals surface area contributed by atoms with Crippen molar-refractivity contribution in [2.45, 2.75) is 60.2 Å². The van der Waals surface area contributed by atoms with E-state index in [0.717, 1.165) is 12.0 Å². The van der Waals surface area contributed by atoms with Crippen molar-refractivity contribution in [1.29, 1.82) is 0 Å². The second-order valence-corrected chi connectivity index (χ2v) is 7.71. The van der Waals surface area contributed by atoms with Crippen LogP contribution in [0.25, 0.3) is 0 Å². The first-order valence-electron chi connectivity index (χ1n) is 11.7. The Morgan fingerprint density at radius 2 is 1.61 bits per heavy atom. The van der Waals surface area contributed by atoms with Gasteiger partial charge in [0.15, 0.2) is 6.29 Å². The molecule has 0 saturated carbocycles. The molecule has 0 bridgehead atoms. The number of hydrogen-bond acceptors (Lipinski definition) is 4. The highest BCUT2D eigenvalue weighted by Gasteiger charge is 2.14. The highest BCUT2D eigenvalue weighted by atomic mass is 16.7. The van der Waals surface area contributed by atoms with Crippen molar-refractivity contribution in [3.63, 3.8) is 0 Å². The zero-order chi connectivity index (χ0) is 24.6. The Morgan fingerprint density at radius 3 is 2.15 bits per heavy atom. The van der Waals surface area contributed by atoms with Gasteiger partial charge in [0.05, 0.1) is 0 Å². The number of carbonyl (C=O) groups excluding carboxylic acids is 2. The average molecular weight is 457 g/mol. The van der Waals surface area contributed by atoms with Gasteiger partial charge in [-0.25, -0.2) is 0 Å². The van der Waals surface area contributed by atoms with E-state index in [1.165, 1.54) is 11.1 Å². The number of carbonyl (C=O) groups is 2. The molecule has 1 aromatic rings. The van der Waals surface area contributed by atoms with Gasteiger partial charge >= 0.3 is 0 Å². The second kappa shape index (κ2) is 16.0. The number of likely N-dealkylation sites (N-methyl/N-ethyl adjacent to an activating group) is 1. The Hall–Kier alpha value is -2.70. The predicted octanol–water partition coefficient (Wildman–Crippen LogP) is 4.48. The van der Waals surface area contributed by atoms with Crippen LogP contribution in [0.4, 0.5) is 0 Å². The normalized spacial score (nSPS) is 13.1. The zero-order valence-electron chi connectivity index (χ0n) is 21.0. The summed E-state index contributed by atoms with van der Waals surface area (Å²) in [6.07, 6.45) is 5.31. The van der Waals surface area contributed by atoms with Crippen LogP contribution in [0.2, 0.25) is 0 Å². The van der Waals surface area contributed by atoms with E-state index in [0.29, 0.717) is 43.7 Å². The first kappa shape index (κ1) is 28.3. The monoisotopic (exact) mass is 456 g/mol. The van der Waals surface area contributed by atoms with Crippen LogP contribution in [0.1, 0.15) is 53.0 Å². The van der Waals surface area contributed by atoms with Gasteiger partial charge in [0, 0.05) is 44.4 Å². The van der Waals surface area contributed by atoms with Gasteiger partial charge in [-0.2, -0.15) is 0 Å². The molecule has 6 heteroatoms. The van der Waals surface area contributed by atoms with Crippen molar-refractivity contribution in [2.24, 2.45) is 0 Å². The third-order valence-electron chi connectivity index (χ3n) is 5.24. The van der Waals surface area contributed by atoms with E-state index < -0.39 is 0 Å². The Balaban J connectivity index is 3.19. The molecule has 0 aliphatic heterocycles. The van der Waals surface area contributed by atoms with Crippen LogP contribution >= 0.6 is 0 Å². The topological polar surface area (TPSA) is 76.7 Å². The number of rotatable bonds is 14. The minimum absolute atomic E-state index is 0.220. The minimum Gasteiger partial charge on any atom is -0.355 e. The van der Waals surface area contributed by atoms with Gasteiger partial charge in [0.25, 0.3) is 5.91 Å². The van der Waals surface area contributed by atoms with Crippen LogP contribution < -0.4 is 10.6 Å². The van der Waals surface area contributed by atoms with Crippen LogP contribution in [0.3, 0.4) is 0 Å². The summed E-state index contributed by atoms with van der Waals surface area (Å²) in [4.78, 5) is 25.2. The standard InChI is InChI=1S/C27H40N2O4/c1-7-20(4)23(18-22-13-11-10-12-14-22)19-24(17-21(5)26(30)28-6)27(31)29-16-15-25(32-8-2)33-9-3/h10-14,17,19,25H,7-9,15-16,18H2,1-6H3,(H,28,30)(H,29,31)/b21-17+,23-20?,24-19+. The summed E-state index contributed by atoms with van der Waals surface area (Å²) in [6.45, 7) is 11.2. The maximum Gasteiger partial charge on any atom is 0.251 e. The van der Waals surface area contributed by atoms with E-state index in [1.54, 1.807) is 20.0 Å². The quantitative estimate of drug-likeness (QED) is 0.246. The molecule has 182 valence electrons. The van der Waals surface area contributed by atoms with E-state index >= 15 is 0 Å². The molecule has 0 radical (unpaired) electrons. The van der Waals surface area contributed by atoms with Gasteiger partial charge in [-0.3, -0.25) is 9.59 Å². The lowest BCUT2D eigenvalue weighted by Crippen LogP contribution is -2.30. The van der Waals surface area contributed by atoms with Crippen molar-refractivity contribution < 1.29 is 19.1 Å². The maximum absolute atomic E-state index is 13.1. The fourth-order valence-electron chi connectivity index (χ4n) is 3.22. The molecule has 2 N–H and O–H groups in total.